The maximum atomic E-state index is 12.8. The summed E-state index contributed by atoms with van der Waals surface area (Å²) >= 11 is 7.24. The predicted molar refractivity (Wildman–Crippen MR) is 79.4 cm³/mol. The van der Waals surface area contributed by atoms with Gasteiger partial charge in [-0.15, -0.1) is 10.2 Å². The lowest BCUT2D eigenvalue weighted by atomic mass is 10.3. The van der Waals surface area contributed by atoms with Crippen molar-refractivity contribution in [2.75, 3.05) is 0 Å². The van der Waals surface area contributed by atoms with Crippen LogP contribution >= 0.6 is 23.4 Å². The zero-order valence-corrected chi connectivity index (χ0v) is 12.7. The number of thioether (sulfide) groups is 1. The van der Waals surface area contributed by atoms with E-state index in [-0.39, 0.29) is 11.6 Å². The fourth-order valence-corrected chi connectivity index (χ4v) is 2.95. The standard InChI is InChI=1S/C13H10ClF2N5S/c14-9-2-1-3-10(6-9)21-8-18-19-13(21)22-7-11-17-4-5-20(11)12(15)16/h1-6,8,12H,7H2. The second-order valence-corrected chi connectivity index (χ2v) is 5.66. The Labute approximate surface area is 133 Å². The molecule has 0 aliphatic rings. The van der Waals surface area contributed by atoms with E-state index < -0.39 is 6.55 Å². The number of hydrogen-bond donors (Lipinski definition) is 0. The van der Waals surface area contributed by atoms with Crippen molar-refractivity contribution in [3.05, 3.63) is 53.8 Å². The summed E-state index contributed by atoms with van der Waals surface area (Å²) in [5.74, 6) is 0.539. The number of benzene rings is 1. The van der Waals surface area contributed by atoms with E-state index in [1.807, 2.05) is 12.1 Å². The second kappa shape index (κ2) is 6.45. The van der Waals surface area contributed by atoms with Crippen molar-refractivity contribution in [2.45, 2.75) is 17.5 Å². The van der Waals surface area contributed by atoms with Crippen LogP contribution in [0.3, 0.4) is 0 Å². The van der Waals surface area contributed by atoms with Crippen LogP contribution in [0.2, 0.25) is 5.02 Å². The first-order chi connectivity index (χ1) is 10.6. The van der Waals surface area contributed by atoms with Gasteiger partial charge in [0.2, 0.25) is 0 Å². The lowest BCUT2D eigenvalue weighted by Crippen LogP contribution is -2.03. The van der Waals surface area contributed by atoms with Gasteiger partial charge in [0.1, 0.15) is 12.2 Å². The van der Waals surface area contributed by atoms with Gasteiger partial charge in [-0.1, -0.05) is 29.4 Å². The highest BCUT2D eigenvalue weighted by Crippen LogP contribution is 2.25. The third-order valence-electron chi connectivity index (χ3n) is 2.89. The van der Waals surface area contributed by atoms with Gasteiger partial charge in [-0.25, -0.2) is 4.98 Å². The zero-order chi connectivity index (χ0) is 15.5. The maximum absolute atomic E-state index is 12.8. The Morgan fingerprint density at radius 3 is 2.95 bits per heavy atom. The molecule has 5 nitrogen and oxygen atoms in total. The minimum Gasteiger partial charge on any atom is -0.277 e. The molecule has 0 spiro atoms. The van der Waals surface area contributed by atoms with E-state index in [9.17, 15) is 8.78 Å². The molecule has 0 fully saturated rings. The quantitative estimate of drug-likeness (QED) is 0.662. The lowest BCUT2D eigenvalue weighted by molar-refractivity contribution is 0.0678. The summed E-state index contributed by atoms with van der Waals surface area (Å²) in [5, 5.41) is 9.03. The summed E-state index contributed by atoms with van der Waals surface area (Å²) in [5.41, 5.74) is 0.803. The fraction of sp³-hybridized carbons (Fsp3) is 0.154. The molecule has 0 bridgehead atoms. The average molecular weight is 342 g/mol. The largest absolute Gasteiger partial charge is 0.319 e. The number of aromatic nitrogens is 5. The summed E-state index contributed by atoms with van der Waals surface area (Å²) in [6.45, 7) is -2.61. The predicted octanol–water partition coefficient (Wildman–Crippen LogP) is 3.80. The molecule has 0 amide bonds. The minimum absolute atomic E-state index is 0.261. The van der Waals surface area contributed by atoms with Gasteiger partial charge in [-0.3, -0.25) is 9.13 Å². The van der Waals surface area contributed by atoms with Crippen LogP contribution in [0, 0.1) is 0 Å². The van der Waals surface area contributed by atoms with Crippen LogP contribution in [0.25, 0.3) is 5.69 Å². The monoisotopic (exact) mass is 341 g/mol. The van der Waals surface area contributed by atoms with Crippen molar-refractivity contribution in [3.8, 4) is 5.69 Å². The van der Waals surface area contributed by atoms with Crippen LogP contribution in [0.1, 0.15) is 12.4 Å². The van der Waals surface area contributed by atoms with E-state index >= 15 is 0 Å². The van der Waals surface area contributed by atoms with Crippen LogP contribution in [0.5, 0.6) is 0 Å². The normalized spacial score (nSPS) is 11.3. The average Bonchev–Trinajstić information content (AvgIpc) is 3.14. The van der Waals surface area contributed by atoms with Crippen molar-refractivity contribution in [1.29, 1.82) is 0 Å². The Balaban J connectivity index is 1.80. The van der Waals surface area contributed by atoms with Crippen LogP contribution in [0.15, 0.2) is 48.1 Å². The fourth-order valence-electron chi connectivity index (χ4n) is 1.89. The van der Waals surface area contributed by atoms with Gasteiger partial charge in [-0.05, 0) is 18.2 Å². The highest BCUT2D eigenvalue weighted by Gasteiger charge is 2.14. The summed E-state index contributed by atoms with van der Waals surface area (Å²) in [4.78, 5) is 3.94. The Kier molecular flexibility index (Phi) is 4.39. The van der Waals surface area contributed by atoms with E-state index in [1.165, 1.54) is 24.2 Å². The molecular formula is C13H10ClF2N5S. The first-order valence-electron chi connectivity index (χ1n) is 6.24. The molecule has 3 aromatic rings. The highest BCUT2D eigenvalue weighted by molar-refractivity contribution is 7.98. The third-order valence-corrected chi connectivity index (χ3v) is 4.07. The van der Waals surface area contributed by atoms with Gasteiger partial charge in [0.15, 0.2) is 5.16 Å². The molecule has 2 aromatic heterocycles. The Morgan fingerprint density at radius 1 is 1.32 bits per heavy atom. The summed E-state index contributed by atoms with van der Waals surface area (Å²) in [6.07, 6.45) is 4.15. The molecule has 0 N–H and O–H groups in total. The van der Waals surface area contributed by atoms with Crippen molar-refractivity contribution >= 4 is 23.4 Å². The SMILES string of the molecule is FC(F)n1ccnc1CSc1nncn1-c1cccc(Cl)c1. The number of hydrogen-bond acceptors (Lipinski definition) is 4. The molecule has 0 radical (unpaired) electrons. The minimum atomic E-state index is -2.61. The Hall–Kier alpha value is -1.93. The molecule has 0 saturated heterocycles. The van der Waals surface area contributed by atoms with Gasteiger partial charge in [-0.2, -0.15) is 8.78 Å². The van der Waals surface area contributed by atoms with Gasteiger partial charge in [0.25, 0.3) is 0 Å². The molecule has 0 unspecified atom stereocenters. The van der Waals surface area contributed by atoms with Gasteiger partial charge in [0.05, 0.1) is 11.4 Å². The molecule has 2 heterocycles. The van der Waals surface area contributed by atoms with Gasteiger partial charge >= 0.3 is 6.55 Å². The molecule has 0 atom stereocenters. The topological polar surface area (TPSA) is 48.5 Å². The van der Waals surface area contributed by atoms with Crippen molar-refractivity contribution < 1.29 is 8.78 Å². The van der Waals surface area contributed by atoms with Crippen molar-refractivity contribution in [3.63, 3.8) is 0 Å². The molecule has 22 heavy (non-hydrogen) atoms. The smallest absolute Gasteiger partial charge is 0.277 e. The van der Waals surface area contributed by atoms with E-state index in [0.717, 1.165) is 10.3 Å². The molecule has 0 aliphatic carbocycles. The lowest BCUT2D eigenvalue weighted by Gasteiger charge is -2.08. The molecule has 0 saturated carbocycles. The second-order valence-electron chi connectivity index (χ2n) is 4.28. The molecule has 3 rings (SSSR count). The Bertz CT molecular complexity index is 773. The van der Waals surface area contributed by atoms with Crippen LogP contribution < -0.4 is 0 Å². The number of halogens is 3. The third kappa shape index (κ3) is 3.12. The van der Waals surface area contributed by atoms with Gasteiger partial charge < -0.3 is 0 Å². The number of rotatable bonds is 5. The highest BCUT2D eigenvalue weighted by atomic mass is 35.5. The van der Waals surface area contributed by atoms with Crippen LogP contribution in [0.4, 0.5) is 8.78 Å². The number of nitrogens with zero attached hydrogens (tertiary/aromatic N) is 5. The van der Waals surface area contributed by atoms with E-state index in [0.29, 0.717) is 10.2 Å². The van der Waals surface area contributed by atoms with Crippen molar-refractivity contribution in [2.24, 2.45) is 0 Å². The van der Waals surface area contributed by atoms with E-state index in [2.05, 4.69) is 15.2 Å². The summed E-state index contributed by atoms with van der Waals surface area (Å²) in [7, 11) is 0. The first-order valence-corrected chi connectivity index (χ1v) is 7.60. The number of imidazole rings is 1. The summed E-state index contributed by atoms with van der Waals surface area (Å²) < 4.78 is 28.1. The molecule has 0 aliphatic heterocycles. The van der Waals surface area contributed by atoms with Crippen molar-refractivity contribution in [1.82, 2.24) is 24.3 Å². The molecule has 114 valence electrons. The zero-order valence-electron chi connectivity index (χ0n) is 11.1. The van der Waals surface area contributed by atoms with E-state index in [4.69, 9.17) is 11.6 Å². The van der Waals surface area contributed by atoms with Crippen LogP contribution in [-0.4, -0.2) is 24.3 Å². The number of alkyl halides is 2. The molecular weight excluding hydrogens is 332 g/mol. The molecule has 9 heteroatoms. The molecule has 1 aromatic carbocycles. The maximum Gasteiger partial charge on any atom is 0.319 e. The van der Waals surface area contributed by atoms with Crippen LogP contribution in [-0.2, 0) is 5.75 Å². The summed E-state index contributed by atoms with van der Waals surface area (Å²) in [6, 6.07) is 7.21. The Morgan fingerprint density at radius 2 is 2.18 bits per heavy atom. The first kappa shape index (κ1) is 15.0. The van der Waals surface area contributed by atoms with Gasteiger partial charge in [0, 0.05) is 17.4 Å². The van der Waals surface area contributed by atoms with E-state index in [1.54, 1.807) is 23.0 Å².